The first-order valence-electron chi connectivity index (χ1n) is 7.37. The van der Waals surface area contributed by atoms with Crippen LogP contribution in [-0.2, 0) is 16.0 Å². The van der Waals surface area contributed by atoms with Gasteiger partial charge in [-0.25, -0.2) is 0 Å². The van der Waals surface area contributed by atoms with E-state index in [0.29, 0.717) is 26.1 Å². The molecule has 2 heterocycles. The molecule has 1 N–H and O–H groups in total. The van der Waals surface area contributed by atoms with Crippen molar-refractivity contribution in [1.29, 1.82) is 0 Å². The van der Waals surface area contributed by atoms with Crippen molar-refractivity contribution in [3.63, 3.8) is 0 Å². The predicted octanol–water partition coefficient (Wildman–Crippen LogP) is 0.726. The number of amides is 2. The number of likely N-dealkylation sites (tertiary alicyclic amines) is 1. The van der Waals surface area contributed by atoms with Gasteiger partial charge in [0.2, 0.25) is 11.8 Å². The Hall–Kier alpha value is -1.88. The largest absolute Gasteiger partial charge is 0.389 e. The summed E-state index contributed by atoms with van der Waals surface area (Å²) in [5.74, 6) is 0.0131. The van der Waals surface area contributed by atoms with Crippen LogP contribution in [0.1, 0.15) is 30.5 Å². The average molecular weight is 288 g/mol. The van der Waals surface area contributed by atoms with Crippen LogP contribution >= 0.6 is 0 Å². The van der Waals surface area contributed by atoms with Crippen molar-refractivity contribution in [3.8, 4) is 0 Å². The third-order valence-electron chi connectivity index (χ3n) is 4.40. The highest BCUT2D eigenvalue weighted by molar-refractivity contribution is 5.80. The highest BCUT2D eigenvalue weighted by Gasteiger charge is 2.35. The van der Waals surface area contributed by atoms with Gasteiger partial charge in [0.15, 0.2) is 0 Å². The molecule has 5 heteroatoms. The average Bonchev–Trinajstić information content (AvgIpc) is 2.43. The molecule has 2 aliphatic rings. The van der Waals surface area contributed by atoms with Crippen LogP contribution in [-0.4, -0.2) is 52.5 Å². The van der Waals surface area contributed by atoms with Crippen LogP contribution in [0.3, 0.4) is 0 Å². The van der Waals surface area contributed by atoms with Gasteiger partial charge in [0, 0.05) is 26.6 Å². The number of aliphatic hydroxyl groups excluding tert-OH is 1. The summed E-state index contributed by atoms with van der Waals surface area (Å²) in [5, 5.41) is 9.31. The summed E-state index contributed by atoms with van der Waals surface area (Å²) in [5.41, 5.74) is 2.30. The minimum absolute atomic E-state index is 0.00551. The second-order valence-electron chi connectivity index (χ2n) is 5.83. The monoisotopic (exact) mass is 288 g/mol. The Balaban J connectivity index is 1.82. The molecule has 0 saturated carbocycles. The van der Waals surface area contributed by atoms with Crippen LogP contribution in [0.15, 0.2) is 24.3 Å². The van der Waals surface area contributed by atoms with E-state index in [9.17, 15) is 14.7 Å². The van der Waals surface area contributed by atoms with Crippen molar-refractivity contribution in [1.82, 2.24) is 9.80 Å². The van der Waals surface area contributed by atoms with E-state index in [2.05, 4.69) is 6.07 Å². The van der Waals surface area contributed by atoms with Gasteiger partial charge in [-0.1, -0.05) is 24.3 Å². The van der Waals surface area contributed by atoms with Crippen molar-refractivity contribution >= 4 is 11.8 Å². The standard InChI is InChI=1S/C16H20N2O3/c1-11(19)18-7-6-12-4-2-3-5-14(12)15(18)8-16(21)17-9-13(20)10-17/h2-5,13,15,20H,6-10H2,1H3. The number of hydrogen-bond acceptors (Lipinski definition) is 3. The van der Waals surface area contributed by atoms with Crippen LogP contribution in [0.2, 0.25) is 0 Å². The smallest absolute Gasteiger partial charge is 0.225 e. The number of carbonyl (C=O) groups excluding carboxylic acids is 2. The van der Waals surface area contributed by atoms with E-state index < -0.39 is 6.10 Å². The van der Waals surface area contributed by atoms with Crippen molar-refractivity contribution in [2.24, 2.45) is 0 Å². The fourth-order valence-electron chi connectivity index (χ4n) is 3.20. The summed E-state index contributed by atoms with van der Waals surface area (Å²) in [7, 11) is 0. The fourth-order valence-corrected chi connectivity index (χ4v) is 3.20. The summed E-state index contributed by atoms with van der Waals surface area (Å²) in [4.78, 5) is 27.6. The maximum absolute atomic E-state index is 12.3. The minimum atomic E-state index is -0.392. The van der Waals surface area contributed by atoms with Crippen LogP contribution < -0.4 is 0 Å². The molecule has 1 atom stereocenters. The van der Waals surface area contributed by atoms with Crippen LogP contribution in [0.25, 0.3) is 0 Å². The van der Waals surface area contributed by atoms with Gasteiger partial charge in [-0.2, -0.15) is 0 Å². The van der Waals surface area contributed by atoms with Crippen molar-refractivity contribution in [3.05, 3.63) is 35.4 Å². The van der Waals surface area contributed by atoms with E-state index in [4.69, 9.17) is 0 Å². The minimum Gasteiger partial charge on any atom is -0.389 e. The van der Waals surface area contributed by atoms with Gasteiger partial charge >= 0.3 is 0 Å². The first-order chi connectivity index (χ1) is 10.1. The lowest BCUT2D eigenvalue weighted by molar-refractivity contribution is -0.144. The van der Waals surface area contributed by atoms with Gasteiger partial charge in [-0.15, -0.1) is 0 Å². The van der Waals surface area contributed by atoms with Crippen LogP contribution in [0.4, 0.5) is 0 Å². The number of hydrogen-bond donors (Lipinski definition) is 1. The zero-order valence-electron chi connectivity index (χ0n) is 12.2. The molecule has 0 radical (unpaired) electrons. The number of carbonyl (C=O) groups is 2. The third-order valence-corrected chi connectivity index (χ3v) is 4.40. The molecule has 2 amide bonds. The number of nitrogens with zero attached hydrogens (tertiary/aromatic N) is 2. The molecule has 3 rings (SSSR count). The number of fused-ring (bicyclic) bond motifs is 1. The molecule has 2 aliphatic heterocycles. The second-order valence-corrected chi connectivity index (χ2v) is 5.83. The number of rotatable bonds is 2. The molecule has 1 saturated heterocycles. The first-order valence-corrected chi connectivity index (χ1v) is 7.37. The zero-order valence-corrected chi connectivity index (χ0v) is 12.2. The molecule has 1 aromatic carbocycles. The van der Waals surface area contributed by atoms with E-state index >= 15 is 0 Å². The van der Waals surface area contributed by atoms with Crippen molar-refractivity contribution < 1.29 is 14.7 Å². The first kappa shape index (κ1) is 14.1. The molecule has 21 heavy (non-hydrogen) atoms. The van der Waals surface area contributed by atoms with Gasteiger partial charge in [-0.05, 0) is 17.5 Å². The summed E-state index contributed by atoms with van der Waals surface area (Å²) in [6.45, 7) is 3.03. The molecular weight excluding hydrogens is 268 g/mol. The lowest BCUT2D eigenvalue weighted by atomic mass is 9.90. The lowest BCUT2D eigenvalue weighted by Crippen LogP contribution is -2.54. The summed E-state index contributed by atoms with van der Waals surface area (Å²) >= 11 is 0. The normalized spacial score (nSPS) is 21.7. The van der Waals surface area contributed by atoms with E-state index in [1.165, 1.54) is 5.56 Å². The van der Waals surface area contributed by atoms with Crippen LogP contribution in [0.5, 0.6) is 0 Å². The Labute approximate surface area is 124 Å². The van der Waals surface area contributed by atoms with E-state index in [-0.39, 0.29) is 17.9 Å². The second kappa shape index (κ2) is 5.48. The number of aliphatic hydroxyl groups is 1. The maximum Gasteiger partial charge on any atom is 0.225 e. The Morgan fingerprint density at radius 1 is 1.29 bits per heavy atom. The van der Waals surface area contributed by atoms with Crippen molar-refractivity contribution in [2.45, 2.75) is 31.9 Å². The molecule has 1 fully saturated rings. The van der Waals surface area contributed by atoms with Crippen molar-refractivity contribution in [2.75, 3.05) is 19.6 Å². The number of β-amino-alcohol motifs (C(OH)–C–C–N with tert-alkyl or cyclic N) is 1. The topological polar surface area (TPSA) is 60.9 Å². The SMILES string of the molecule is CC(=O)N1CCc2ccccc2C1CC(=O)N1CC(O)C1. The molecule has 1 aromatic rings. The Kier molecular flexibility index (Phi) is 3.68. The lowest BCUT2D eigenvalue weighted by Gasteiger charge is -2.40. The van der Waals surface area contributed by atoms with Crippen LogP contribution in [0, 0.1) is 0 Å². The quantitative estimate of drug-likeness (QED) is 0.872. The Bertz CT molecular complexity index is 566. The summed E-state index contributed by atoms with van der Waals surface area (Å²) in [6, 6.07) is 7.84. The molecule has 0 spiro atoms. The number of benzene rings is 1. The molecular formula is C16H20N2O3. The zero-order chi connectivity index (χ0) is 15.0. The summed E-state index contributed by atoms with van der Waals surface area (Å²) < 4.78 is 0. The Morgan fingerprint density at radius 3 is 2.67 bits per heavy atom. The fraction of sp³-hybridized carbons (Fsp3) is 0.500. The van der Waals surface area contributed by atoms with E-state index in [1.807, 2.05) is 18.2 Å². The molecule has 0 aromatic heterocycles. The molecule has 0 aliphatic carbocycles. The molecule has 112 valence electrons. The molecule has 5 nitrogen and oxygen atoms in total. The highest BCUT2D eigenvalue weighted by atomic mass is 16.3. The van der Waals surface area contributed by atoms with Gasteiger partial charge < -0.3 is 14.9 Å². The predicted molar refractivity (Wildman–Crippen MR) is 77.5 cm³/mol. The van der Waals surface area contributed by atoms with Gasteiger partial charge in [0.1, 0.15) is 0 Å². The summed E-state index contributed by atoms with van der Waals surface area (Å²) in [6.07, 6.45) is 0.739. The van der Waals surface area contributed by atoms with Gasteiger partial charge in [-0.3, -0.25) is 9.59 Å². The maximum atomic E-state index is 12.3. The van der Waals surface area contributed by atoms with E-state index in [0.717, 1.165) is 12.0 Å². The highest BCUT2D eigenvalue weighted by Crippen LogP contribution is 2.33. The molecule has 0 bridgehead atoms. The van der Waals surface area contributed by atoms with Gasteiger partial charge in [0.05, 0.1) is 18.6 Å². The van der Waals surface area contributed by atoms with Gasteiger partial charge in [0.25, 0.3) is 0 Å². The third kappa shape index (κ3) is 2.65. The van der Waals surface area contributed by atoms with E-state index in [1.54, 1.807) is 16.7 Å². The Morgan fingerprint density at radius 2 is 2.00 bits per heavy atom. The molecule has 1 unspecified atom stereocenters.